The lowest BCUT2D eigenvalue weighted by atomic mass is 10.2. The highest BCUT2D eigenvalue weighted by Gasteiger charge is 2.04. The molecule has 0 aliphatic rings. The number of benzene rings is 1. The lowest BCUT2D eigenvalue weighted by molar-refractivity contribution is 0.300. The van der Waals surface area contributed by atoms with Gasteiger partial charge in [-0.1, -0.05) is 6.92 Å². The van der Waals surface area contributed by atoms with Crippen LogP contribution < -0.4 is 5.73 Å². The lowest BCUT2D eigenvalue weighted by Gasteiger charge is -2.08. The highest BCUT2D eigenvalue weighted by Crippen LogP contribution is 2.26. The third kappa shape index (κ3) is 2.66. The maximum absolute atomic E-state index is 8.86. The Labute approximate surface area is 87.5 Å². The van der Waals surface area contributed by atoms with E-state index in [1.165, 1.54) is 11.8 Å². The molecule has 4 heteroatoms. The molecule has 0 saturated heterocycles. The molecule has 0 radical (unpaired) electrons. The maximum Gasteiger partial charge on any atom is 0.101 e. The van der Waals surface area contributed by atoms with Gasteiger partial charge in [0.2, 0.25) is 0 Å². The van der Waals surface area contributed by atoms with Gasteiger partial charge in [0.1, 0.15) is 6.07 Å². The van der Waals surface area contributed by atoms with Crippen LogP contribution in [0.4, 0.5) is 5.69 Å². The standard InChI is InChI=1S/C10H12N2OS/c1-7(6-13)14-9-3-2-8(5-11)10(12)4-9/h2-4,7,13H,6,12H2,1H3. The third-order valence-electron chi connectivity index (χ3n) is 1.74. The molecule has 14 heavy (non-hydrogen) atoms. The third-order valence-corrected chi connectivity index (χ3v) is 2.82. The van der Waals surface area contributed by atoms with Crippen LogP contribution in [-0.2, 0) is 0 Å². The number of aliphatic hydroxyl groups is 1. The molecule has 1 atom stereocenters. The molecule has 0 aliphatic carbocycles. The first-order valence-corrected chi connectivity index (χ1v) is 5.12. The summed E-state index contributed by atoms with van der Waals surface area (Å²) in [6, 6.07) is 7.30. The molecule has 0 aliphatic heterocycles. The van der Waals surface area contributed by atoms with Crippen molar-refractivity contribution < 1.29 is 5.11 Å². The van der Waals surface area contributed by atoms with Crippen LogP contribution in [0.15, 0.2) is 23.1 Å². The van der Waals surface area contributed by atoms with Crippen molar-refractivity contribution in [3.8, 4) is 6.07 Å². The molecule has 0 saturated carbocycles. The van der Waals surface area contributed by atoms with Crippen LogP contribution >= 0.6 is 11.8 Å². The predicted octanol–water partition coefficient (Wildman–Crippen LogP) is 1.61. The zero-order chi connectivity index (χ0) is 10.6. The van der Waals surface area contributed by atoms with E-state index in [9.17, 15) is 0 Å². The lowest BCUT2D eigenvalue weighted by Crippen LogP contribution is -2.01. The number of nitrogen functional groups attached to an aromatic ring is 1. The Morgan fingerprint density at radius 3 is 2.86 bits per heavy atom. The summed E-state index contributed by atoms with van der Waals surface area (Å²) >= 11 is 1.54. The van der Waals surface area contributed by atoms with Crippen molar-refractivity contribution in [3.05, 3.63) is 23.8 Å². The van der Waals surface area contributed by atoms with Crippen molar-refractivity contribution >= 4 is 17.4 Å². The number of hydrogen-bond acceptors (Lipinski definition) is 4. The monoisotopic (exact) mass is 208 g/mol. The number of nitrogens with zero attached hydrogens (tertiary/aromatic N) is 1. The Kier molecular flexibility index (Phi) is 3.81. The summed E-state index contributed by atoms with van der Waals surface area (Å²) in [6.45, 7) is 2.06. The summed E-state index contributed by atoms with van der Waals surface area (Å²) in [6.07, 6.45) is 0. The second-order valence-electron chi connectivity index (χ2n) is 2.97. The summed E-state index contributed by atoms with van der Waals surface area (Å²) in [5, 5.41) is 17.7. The first-order chi connectivity index (χ1) is 6.67. The predicted molar refractivity (Wildman–Crippen MR) is 58.0 cm³/mol. The van der Waals surface area contributed by atoms with Gasteiger partial charge in [0.15, 0.2) is 0 Å². The quantitative estimate of drug-likeness (QED) is 0.585. The van der Waals surface area contributed by atoms with E-state index < -0.39 is 0 Å². The minimum Gasteiger partial charge on any atom is -0.398 e. The first-order valence-electron chi connectivity index (χ1n) is 4.24. The van der Waals surface area contributed by atoms with E-state index in [-0.39, 0.29) is 11.9 Å². The molecule has 0 bridgehead atoms. The molecule has 1 aromatic carbocycles. The van der Waals surface area contributed by atoms with E-state index in [1.54, 1.807) is 12.1 Å². The van der Waals surface area contributed by atoms with Gasteiger partial charge in [0.05, 0.1) is 17.9 Å². The van der Waals surface area contributed by atoms with Gasteiger partial charge in [0, 0.05) is 10.1 Å². The van der Waals surface area contributed by atoms with Crippen molar-refractivity contribution in [1.82, 2.24) is 0 Å². The molecule has 0 spiro atoms. The highest BCUT2D eigenvalue weighted by molar-refractivity contribution is 8.00. The summed E-state index contributed by atoms with van der Waals surface area (Å²) in [5.41, 5.74) is 6.63. The molecule has 0 aromatic heterocycles. The van der Waals surface area contributed by atoms with E-state index in [0.717, 1.165) is 4.90 Å². The highest BCUT2D eigenvalue weighted by atomic mass is 32.2. The van der Waals surface area contributed by atoms with Crippen molar-refractivity contribution in [3.63, 3.8) is 0 Å². The van der Waals surface area contributed by atoms with E-state index in [1.807, 2.05) is 19.1 Å². The van der Waals surface area contributed by atoms with E-state index >= 15 is 0 Å². The number of hydrogen-bond donors (Lipinski definition) is 2. The summed E-state index contributed by atoms with van der Waals surface area (Å²) in [7, 11) is 0. The molecule has 1 rings (SSSR count). The van der Waals surface area contributed by atoms with Gasteiger partial charge in [-0.15, -0.1) is 11.8 Å². The fourth-order valence-corrected chi connectivity index (χ4v) is 1.87. The van der Waals surface area contributed by atoms with Crippen LogP contribution in [-0.4, -0.2) is 17.0 Å². The van der Waals surface area contributed by atoms with Gasteiger partial charge in [0.25, 0.3) is 0 Å². The van der Waals surface area contributed by atoms with Gasteiger partial charge < -0.3 is 10.8 Å². The van der Waals surface area contributed by atoms with Crippen LogP contribution in [0.5, 0.6) is 0 Å². The largest absolute Gasteiger partial charge is 0.398 e. The van der Waals surface area contributed by atoms with Crippen LogP contribution in [0.1, 0.15) is 12.5 Å². The van der Waals surface area contributed by atoms with Gasteiger partial charge in [-0.2, -0.15) is 5.26 Å². The zero-order valence-corrected chi connectivity index (χ0v) is 8.71. The second kappa shape index (κ2) is 4.89. The van der Waals surface area contributed by atoms with Crippen LogP contribution in [0.25, 0.3) is 0 Å². The van der Waals surface area contributed by atoms with Crippen molar-refractivity contribution in [2.45, 2.75) is 17.1 Å². The Balaban J connectivity index is 2.82. The second-order valence-corrected chi connectivity index (χ2v) is 4.48. The van der Waals surface area contributed by atoms with Gasteiger partial charge in [-0.05, 0) is 18.2 Å². The molecule has 1 aromatic rings. The SMILES string of the molecule is CC(CO)Sc1ccc(C#N)c(N)c1. The Morgan fingerprint density at radius 1 is 1.64 bits per heavy atom. The molecule has 0 heterocycles. The zero-order valence-electron chi connectivity index (χ0n) is 7.90. The summed E-state index contributed by atoms with van der Waals surface area (Å²) in [5.74, 6) is 0. The molecule has 3 N–H and O–H groups in total. The average molecular weight is 208 g/mol. The molecular weight excluding hydrogens is 196 g/mol. The van der Waals surface area contributed by atoms with E-state index in [2.05, 4.69) is 0 Å². The smallest absolute Gasteiger partial charge is 0.101 e. The minimum absolute atomic E-state index is 0.130. The fourth-order valence-electron chi connectivity index (χ4n) is 0.986. The summed E-state index contributed by atoms with van der Waals surface area (Å²) in [4.78, 5) is 0.975. The van der Waals surface area contributed by atoms with Crippen molar-refractivity contribution in [1.29, 1.82) is 5.26 Å². The van der Waals surface area contributed by atoms with Gasteiger partial charge in [-0.3, -0.25) is 0 Å². The number of nitriles is 1. The number of rotatable bonds is 3. The normalized spacial score (nSPS) is 12.1. The molecule has 0 amide bonds. The molecule has 3 nitrogen and oxygen atoms in total. The topological polar surface area (TPSA) is 70.0 Å². The average Bonchev–Trinajstić information content (AvgIpc) is 2.18. The summed E-state index contributed by atoms with van der Waals surface area (Å²) < 4.78 is 0. The molecule has 74 valence electrons. The Bertz CT molecular complexity index is 360. The van der Waals surface area contributed by atoms with Crippen LogP contribution in [0, 0.1) is 11.3 Å². The molecule has 0 fully saturated rings. The maximum atomic E-state index is 8.86. The van der Waals surface area contributed by atoms with Crippen LogP contribution in [0.2, 0.25) is 0 Å². The van der Waals surface area contributed by atoms with Crippen LogP contribution in [0.3, 0.4) is 0 Å². The Morgan fingerprint density at radius 2 is 2.36 bits per heavy atom. The number of aliphatic hydroxyl groups excluding tert-OH is 1. The first kappa shape index (κ1) is 10.9. The van der Waals surface area contributed by atoms with Crippen molar-refractivity contribution in [2.75, 3.05) is 12.3 Å². The molecular formula is C10H12N2OS. The molecule has 1 unspecified atom stereocenters. The fraction of sp³-hybridized carbons (Fsp3) is 0.300. The van der Waals surface area contributed by atoms with E-state index in [4.69, 9.17) is 16.1 Å². The van der Waals surface area contributed by atoms with Crippen molar-refractivity contribution in [2.24, 2.45) is 0 Å². The number of anilines is 1. The van der Waals surface area contributed by atoms with Gasteiger partial charge >= 0.3 is 0 Å². The minimum atomic E-state index is 0.130. The number of thioether (sulfide) groups is 1. The van der Waals surface area contributed by atoms with Gasteiger partial charge in [-0.25, -0.2) is 0 Å². The Hall–Kier alpha value is -1.18. The number of nitrogens with two attached hydrogens (primary N) is 1. The van der Waals surface area contributed by atoms with E-state index in [0.29, 0.717) is 11.3 Å².